The van der Waals surface area contributed by atoms with Crippen LogP contribution in [0.15, 0.2) is 24.3 Å². The molecule has 21 heavy (non-hydrogen) atoms. The molecule has 1 aliphatic rings. The minimum atomic E-state index is 0.719. The van der Waals surface area contributed by atoms with Gasteiger partial charge in [0.25, 0.3) is 0 Å². The van der Waals surface area contributed by atoms with Gasteiger partial charge in [0.15, 0.2) is 0 Å². The van der Waals surface area contributed by atoms with Crippen molar-refractivity contribution in [2.45, 2.75) is 12.8 Å². The fourth-order valence-electron chi connectivity index (χ4n) is 3.00. The van der Waals surface area contributed by atoms with Crippen LogP contribution in [0.3, 0.4) is 0 Å². The van der Waals surface area contributed by atoms with Gasteiger partial charge in [-0.1, -0.05) is 12.1 Å². The molecule has 1 aromatic heterocycles. The van der Waals surface area contributed by atoms with Crippen LogP contribution in [-0.2, 0) is 4.74 Å². The molecule has 1 aliphatic heterocycles. The Bertz CT molecular complexity index is 571. The quantitative estimate of drug-likeness (QED) is 0.833. The van der Waals surface area contributed by atoms with Crippen LogP contribution < -0.4 is 10.2 Å². The van der Waals surface area contributed by atoms with E-state index in [1.807, 2.05) is 0 Å². The second-order valence-corrected chi connectivity index (χ2v) is 6.41. The zero-order valence-corrected chi connectivity index (χ0v) is 13.4. The van der Waals surface area contributed by atoms with Crippen molar-refractivity contribution in [3.63, 3.8) is 0 Å². The van der Waals surface area contributed by atoms with Gasteiger partial charge >= 0.3 is 0 Å². The maximum atomic E-state index is 5.08. The summed E-state index contributed by atoms with van der Waals surface area (Å²) in [6, 6.07) is 8.45. The Morgan fingerprint density at radius 2 is 2.33 bits per heavy atom. The zero-order chi connectivity index (χ0) is 14.5. The maximum Gasteiger partial charge on any atom is 0.119 e. The lowest BCUT2D eigenvalue weighted by molar-refractivity contribution is 0.197. The number of anilines is 1. The van der Waals surface area contributed by atoms with E-state index in [1.54, 1.807) is 18.6 Å². The Kier molecular flexibility index (Phi) is 5.06. The number of ether oxygens (including phenoxy) is 1. The Balaban J connectivity index is 1.63. The number of methoxy groups -OCH3 is 1. The molecule has 3 rings (SSSR count). The lowest BCUT2D eigenvalue weighted by Gasteiger charge is -2.33. The highest BCUT2D eigenvalue weighted by atomic mass is 32.1. The van der Waals surface area contributed by atoms with E-state index in [0.29, 0.717) is 0 Å². The Morgan fingerprint density at radius 3 is 3.24 bits per heavy atom. The Labute approximate surface area is 130 Å². The molecule has 0 amide bonds. The summed E-state index contributed by atoms with van der Waals surface area (Å²) in [7, 11) is 1.75. The van der Waals surface area contributed by atoms with Crippen molar-refractivity contribution in [3.8, 4) is 0 Å². The summed E-state index contributed by atoms with van der Waals surface area (Å²) in [6.07, 6.45) is 2.58. The first-order valence-electron chi connectivity index (χ1n) is 7.67. The van der Waals surface area contributed by atoms with Crippen molar-refractivity contribution in [2.75, 3.05) is 44.8 Å². The first kappa shape index (κ1) is 14.8. The van der Waals surface area contributed by atoms with E-state index in [9.17, 15) is 0 Å². The number of hydrogen-bond acceptors (Lipinski definition) is 5. The first-order valence-corrected chi connectivity index (χ1v) is 8.45. The molecule has 0 aliphatic carbocycles. The fraction of sp³-hybridized carbons (Fsp3) is 0.562. The number of piperidine rings is 1. The third kappa shape index (κ3) is 3.54. The molecule has 1 aromatic carbocycles. The molecule has 0 radical (unpaired) electrons. The van der Waals surface area contributed by atoms with Gasteiger partial charge in [-0.2, -0.15) is 4.37 Å². The summed E-state index contributed by atoms with van der Waals surface area (Å²) in [5.41, 5.74) is 1.12. The van der Waals surface area contributed by atoms with E-state index >= 15 is 0 Å². The topological polar surface area (TPSA) is 37.4 Å². The second-order valence-electron chi connectivity index (χ2n) is 5.66. The smallest absolute Gasteiger partial charge is 0.119 e. The predicted octanol–water partition coefficient (Wildman–Crippen LogP) is 2.75. The van der Waals surface area contributed by atoms with Gasteiger partial charge in [-0.3, -0.25) is 0 Å². The van der Waals surface area contributed by atoms with Gasteiger partial charge in [-0.05, 0) is 49.0 Å². The van der Waals surface area contributed by atoms with Gasteiger partial charge in [0, 0.05) is 32.1 Å². The molecule has 0 spiro atoms. The lowest BCUT2D eigenvalue weighted by Crippen LogP contribution is -2.40. The van der Waals surface area contributed by atoms with Crippen molar-refractivity contribution in [1.82, 2.24) is 9.69 Å². The maximum absolute atomic E-state index is 5.08. The summed E-state index contributed by atoms with van der Waals surface area (Å²) in [4.78, 5) is 2.52. The molecule has 5 heteroatoms. The number of nitrogens with one attached hydrogen (secondary N) is 1. The normalized spacial score (nSPS) is 19.3. The standard InChI is InChI=1S/C16H23N3OS/c1-20-10-8-17-11-13-5-4-9-19(12-13)16-14-6-2-3-7-15(14)18-21-16/h2-3,6-7,13,17H,4-5,8-12H2,1H3. The third-order valence-electron chi connectivity index (χ3n) is 4.09. The van der Waals surface area contributed by atoms with Crippen LogP contribution in [0, 0.1) is 5.92 Å². The summed E-state index contributed by atoms with van der Waals surface area (Å²) in [5, 5.41) is 6.14. The van der Waals surface area contributed by atoms with Crippen molar-refractivity contribution in [2.24, 2.45) is 5.92 Å². The molecule has 4 nitrogen and oxygen atoms in total. The second kappa shape index (κ2) is 7.20. The number of aromatic nitrogens is 1. The summed E-state index contributed by atoms with van der Waals surface area (Å²) >= 11 is 1.64. The number of benzene rings is 1. The molecule has 1 saturated heterocycles. The highest BCUT2D eigenvalue weighted by Gasteiger charge is 2.22. The van der Waals surface area contributed by atoms with Crippen LogP contribution in [-0.4, -0.2) is 44.3 Å². The number of hydrogen-bond donors (Lipinski definition) is 1. The highest BCUT2D eigenvalue weighted by Crippen LogP contribution is 2.33. The van der Waals surface area contributed by atoms with Gasteiger partial charge in [-0.25, -0.2) is 0 Å². The van der Waals surface area contributed by atoms with Crippen molar-refractivity contribution < 1.29 is 4.74 Å². The molecule has 1 N–H and O–H groups in total. The average Bonchev–Trinajstić information content (AvgIpc) is 2.96. The number of nitrogens with zero attached hydrogens (tertiary/aromatic N) is 2. The molecule has 1 unspecified atom stereocenters. The number of fused-ring (bicyclic) bond motifs is 1. The van der Waals surface area contributed by atoms with Gasteiger partial charge < -0.3 is 15.0 Å². The van der Waals surface area contributed by atoms with E-state index in [4.69, 9.17) is 4.74 Å². The van der Waals surface area contributed by atoms with E-state index < -0.39 is 0 Å². The predicted molar refractivity (Wildman–Crippen MR) is 89.3 cm³/mol. The van der Waals surface area contributed by atoms with Crippen molar-refractivity contribution in [3.05, 3.63) is 24.3 Å². The third-order valence-corrected chi connectivity index (χ3v) is 5.03. The minimum Gasteiger partial charge on any atom is -0.383 e. The van der Waals surface area contributed by atoms with Crippen LogP contribution in [0.2, 0.25) is 0 Å². The van der Waals surface area contributed by atoms with Crippen LogP contribution in [0.5, 0.6) is 0 Å². The molecule has 2 heterocycles. The van der Waals surface area contributed by atoms with Crippen LogP contribution in [0.1, 0.15) is 12.8 Å². The molecule has 1 atom stereocenters. The Morgan fingerprint density at radius 1 is 1.43 bits per heavy atom. The van der Waals surface area contributed by atoms with E-state index in [2.05, 4.69) is 38.9 Å². The van der Waals surface area contributed by atoms with Gasteiger partial charge in [0.2, 0.25) is 0 Å². The van der Waals surface area contributed by atoms with Crippen molar-refractivity contribution in [1.29, 1.82) is 0 Å². The summed E-state index contributed by atoms with van der Waals surface area (Å²) in [5.74, 6) is 0.719. The average molecular weight is 305 g/mol. The van der Waals surface area contributed by atoms with E-state index in [1.165, 1.54) is 23.2 Å². The molecule has 1 fully saturated rings. The zero-order valence-electron chi connectivity index (χ0n) is 12.5. The molecule has 0 saturated carbocycles. The van der Waals surface area contributed by atoms with Crippen LogP contribution in [0.4, 0.5) is 5.00 Å². The van der Waals surface area contributed by atoms with Gasteiger partial charge in [-0.15, -0.1) is 0 Å². The van der Waals surface area contributed by atoms with E-state index in [-0.39, 0.29) is 0 Å². The Hall–Kier alpha value is -1.17. The van der Waals surface area contributed by atoms with Gasteiger partial charge in [0.05, 0.1) is 12.1 Å². The molecule has 0 bridgehead atoms. The molecular weight excluding hydrogens is 282 g/mol. The van der Waals surface area contributed by atoms with Gasteiger partial charge in [0.1, 0.15) is 5.00 Å². The summed E-state index contributed by atoms with van der Waals surface area (Å²) < 4.78 is 9.65. The van der Waals surface area contributed by atoms with Crippen molar-refractivity contribution >= 4 is 27.4 Å². The summed E-state index contributed by atoms with van der Waals surface area (Å²) in [6.45, 7) is 5.09. The number of rotatable bonds is 6. The molecule has 2 aromatic rings. The molecular formula is C16H23N3OS. The van der Waals surface area contributed by atoms with Crippen LogP contribution >= 0.6 is 11.5 Å². The SMILES string of the molecule is COCCNCC1CCCN(c2snc3ccccc23)C1. The fourth-order valence-corrected chi connectivity index (χ4v) is 3.90. The lowest BCUT2D eigenvalue weighted by atomic mass is 9.98. The first-order chi connectivity index (χ1) is 10.4. The molecule has 114 valence electrons. The largest absolute Gasteiger partial charge is 0.383 e. The van der Waals surface area contributed by atoms with E-state index in [0.717, 1.165) is 44.2 Å². The highest BCUT2D eigenvalue weighted by molar-refractivity contribution is 7.11. The minimum absolute atomic E-state index is 0.719. The monoisotopic (exact) mass is 305 g/mol. The van der Waals surface area contributed by atoms with Crippen LogP contribution in [0.25, 0.3) is 10.9 Å².